The first-order chi connectivity index (χ1) is 11.7. The van der Waals surface area contributed by atoms with E-state index in [9.17, 15) is 9.00 Å². The van der Waals surface area contributed by atoms with Gasteiger partial charge in [0, 0.05) is 28.9 Å². The summed E-state index contributed by atoms with van der Waals surface area (Å²) in [6.45, 7) is 0.465. The van der Waals surface area contributed by atoms with Gasteiger partial charge in [-0.15, -0.1) is 0 Å². The molecule has 1 N–H and O–H groups in total. The van der Waals surface area contributed by atoms with Crippen LogP contribution in [0.15, 0.2) is 60.7 Å². The molecule has 0 aromatic heterocycles. The highest BCUT2D eigenvalue weighted by Crippen LogP contribution is 2.43. The van der Waals surface area contributed by atoms with E-state index in [-0.39, 0.29) is 11.3 Å². The highest BCUT2D eigenvalue weighted by atomic mass is 32.2. The molecule has 2 aromatic rings. The van der Waals surface area contributed by atoms with Gasteiger partial charge in [-0.1, -0.05) is 67.1 Å². The maximum Gasteiger partial charge on any atom is 0.230 e. The van der Waals surface area contributed by atoms with Crippen molar-refractivity contribution in [2.24, 2.45) is 0 Å². The predicted octanol–water partition coefficient (Wildman–Crippen LogP) is 3.17. The third-order valence-corrected chi connectivity index (χ3v) is 6.07. The van der Waals surface area contributed by atoms with Crippen LogP contribution in [0.3, 0.4) is 0 Å². The van der Waals surface area contributed by atoms with Gasteiger partial charge >= 0.3 is 0 Å². The number of hydrogen-bond donors (Lipinski definition) is 1. The maximum absolute atomic E-state index is 12.7. The molecule has 126 valence electrons. The van der Waals surface area contributed by atoms with Crippen molar-refractivity contribution in [3.05, 3.63) is 71.8 Å². The van der Waals surface area contributed by atoms with Crippen molar-refractivity contribution in [1.29, 1.82) is 0 Å². The van der Waals surface area contributed by atoms with E-state index < -0.39 is 10.8 Å². The molecular weight excluding hydrogens is 318 g/mol. The molecule has 2 aromatic carbocycles. The monoisotopic (exact) mass is 341 g/mol. The van der Waals surface area contributed by atoms with Crippen LogP contribution in [0.25, 0.3) is 0 Å². The fraction of sp³-hybridized carbons (Fsp3) is 0.350. The van der Waals surface area contributed by atoms with Gasteiger partial charge in [0.2, 0.25) is 5.91 Å². The van der Waals surface area contributed by atoms with E-state index in [1.807, 2.05) is 60.7 Å². The quantitative estimate of drug-likeness (QED) is 0.841. The molecule has 1 aliphatic rings. The van der Waals surface area contributed by atoms with Crippen LogP contribution in [0, 0.1) is 0 Å². The summed E-state index contributed by atoms with van der Waals surface area (Å²) < 4.78 is 12.2. The minimum Gasteiger partial charge on any atom is -0.354 e. The van der Waals surface area contributed by atoms with Crippen LogP contribution in [-0.2, 0) is 26.8 Å². The van der Waals surface area contributed by atoms with Crippen molar-refractivity contribution >= 4 is 16.7 Å². The number of amides is 1. The van der Waals surface area contributed by atoms with E-state index >= 15 is 0 Å². The first-order valence-electron chi connectivity index (χ1n) is 8.43. The van der Waals surface area contributed by atoms with E-state index in [4.69, 9.17) is 0 Å². The fourth-order valence-electron chi connectivity index (χ4n) is 3.21. The Kier molecular flexibility index (Phi) is 5.46. The predicted molar refractivity (Wildman–Crippen MR) is 98.1 cm³/mol. The van der Waals surface area contributed by atoms with Crippen molar-refractivity contribution in [3.8, 4) is 0 Å². The van der Waals surface area contributed by atoms with Crippen LogP contribution in [0.5, 0.6) is 0 Å². The van der Waals surface area contributed by atoms with Gasteiger partial charge in [-0.2, -0.15) is 0 Å². The van der Waals surface area contributed by atoms with Crippen molar-refractivity contribution < 1.29 is 9.00 Å². The molecule has 0 aliphatic heterocycles. The van der Waals surface area contributed by atoms with Gasteiger partial charge in [-0.3, -0.25) is 9.00 Å². The molecule has 1 aliphatic carbocycles. The second-order valence-electron chi connectivity index (χ2n) is 6.33. The molecule has 1 unspecified atom stereocenters. The molecule has 0 spiro atoms. The molecule has 1 atom stereocenters. The average molecular weight is 341 g/mol. The molecule has 0 saturated heterocycles. The minimum atomic E-state index is -0.957. The number of benzene rings is 2. The summed E-state index contributed by atoms with van der Waals surface area (Å²) in [7, 11) is -0.957. The van der Waals surface area contributed by atoms with Crippen LogP contribution in [0.4, 0.5) is 0 Å². The molecular formula is C20H23NO2S. The van der Waals surface area contributed by atoms with Crippen LogP contribution < -0.4 is 5.32 Å². The van der Waals surface area contributed by atoms with Gasteiger partial charge in [0.05, 0.1) is 5.41 Å². The summed E-state index contributed by atoms with van der Waals surface area (Å²) in [4.78, 5) is 12.7. The van der Waals surface area contributed by atoms with E-state index in [1.54, 1.807) is 0 Å². The molecule has 0 heterocycles. The van der Waals surface area contributed by atoms with E-state index in [0.29, 0.717) is 18.1 Å². The molecule has 1 amide bonds. The zero-order valence-corrected chi connectivity index (χ0v) is 14.6. The average Bonchev–Trinajstić information content (AvgIpc) is 2.56. The summed E-state index contributed by atoms with van der Waals surface area (Å²) >= 11 is 0. The van der Waals surface area contributed by atoms with Gasteiger partial charge in [-0.25, -0.2) is 0 Å². The minimum absolute atomic E-state index is 0.0802. The topological polar surface area (TPSA) is 46.2 Å². The first-order valence-corrected chi connectivity index (χ1v) is 9.92. The number of carbonyl (C=O) groups excluding carboxylic acids is 1. The fourth-order valence-corrected chi connectivity index (χ4v) is 4.25. The Morgan fingerprint density at radius 3 is 2.21 bits per heavy atom. The van der Waals surface area contributed by atoms with Gasteiger partial charge in [0.15, 0.2) is 0 Å². The molecule has 24 heavy (non-hydrogen) atoms. The summed E-state index contributed by atoms with van der Waals surface area (Å²) in [5, 5.41) is 3.01. The van der Waals surface area contributed by atoms with E-state index in [2.05, 4.69) is 5.32 Å². The first kappa shape index (κ1) is 16.9. The van der Waals surface area contributed by atoms with Crippen LogP contribution in [-0.4, -0.2) is 22.4 Å². The molecule has 0 radical (unpaired) electrons. The van der Waals surface area contributed by atoms with Crippen LogP contribution >= 0.6 is 0 Å². The lowest BCUT2D eigenvalue weighted by molar-refractivity contribution is -0.129. The zero-order valence-electron chi connectivity index (χ0n) is 13.7. The largest absolute Gasteiger partial charge is 0.354 e. The molecule has 1 saturated carbocycles. The highest BCUT2D eigenvalue weighted by Gasteiger charge is 2.45. The standard InChI is InChI=1S/C20H23NO2S/c22-19(20(12-7-13-20)18-10-5-2-6-11-18)21-14-15-24(23)16-17-8-3-1-4-9-17/h1-6,8-11H,7,12-16H2,(H,21,22). The molecule has 0 bridgehead atoms. The Morgan fingerprint density at radius 1 is 1.00 bits per heavy atom. The Balaban J connectivity index is 1.51. The molecule has 1 fully saturated rings. The summed E-state index contributed by atoms with van der Waals surface area (Å²) in [5.74, 6) is 1.11. The second kappa shape index (κ2) is 7.75. The summed E-state index contributed by atoms with van der Waals surface area (Å²) in [6, 6.07) is 19.8. The smallest absolute Gasteiger partial charge is 0.230 e. The number of hydrogen-bond acceptors (Lipinski definition) is 2. The summed E-state index contributed by atoms with van der Waals surface area (Å²) in [6.07, 6.45) is 2.88. The van der Waals surface area contributed by atoms with E-state index in [1.165, 1.54) is 0 Å². The highest BCUT2D eigenvalue weighted by molar-refractivity contribution is 7.84. The number of carbonyl (C=O) groups is 1. The third-order valence-electron chi connectivity index (χ3n) is 4.75. The van der Waals surface area contributed by atoms with Crippen molar-refractivity contribution in [1.82, 2.24) is 5.32 Å². The van der Waals surface area contributed by atoms with E-state index in [0.717, 1.165) is 30.4 Å². The lowest BCUT2D eigenvalue weighted by Gasteiger charge is -2.40. The number of nitrogens with one attached hydrogen (secondary N) is 1. The molecule has 3 rings (SSSR count). The number of rotatable bonds is 7. The normalized spacial score (nSPS) is 16.8. The Bertz CT molecular complexity index is 696. The Morgan fingerprint density at radius 2 is 1.62 bits per heavy atom. The Labute approximate surface area is 145 Å². The maximum atomic E-state index is 12.7. The van der Waals surface area contributed by atoms with Crippen molar-refractivity contribution in [2.75, 3.05) is 12.3 Å². The Hall–Kier alpha value is -1.94. The van der Waals surface area contributed by atoms with Gasteiger partial charge in [0.1, 0.15) is 0 Å². The lowest BCUT2D eigenvalue weighted by Crippen LogP contribution is -2.49. The lowest BCUT2D eigenvalue weighted by atomic mass is 9.64. The second-order valence-corrected chi connectivity index (χ2v) is 7.91. The van der Waals surface area contributed by atoms with Crippen molar-refractivity contribution in [2.45, 2.75) is 30.4 Å². The van der Waals surface area contributed by atoms with Crippen molar-refractivity contribution in [3.63, 3.8) is 0 Å². The van der Waals surface area contributed by atoms with Crippen LogP contribution in [0.2, 0.25) is 0 Å². The molecule has 3 nitrogen and oxygen atoms in total. The zero-order chi connectivity index (χ0) is 16.8. The SMILES string of the molecule is O=C(NCCS(=O)Cc1ccccc1)C1(c2ccccc2)CCC1. The van der Waals surface area contributed by atoms with Gasteiger partial charge < -0.3 is 5.32 Å². The summed E-state index contributed by atoms with van der Waals surface area (Å²) in [5.41, 5.74) is 1.79. The molecule has 4 heteroatoms. The third kappa shape index (κ3) is 3.75. The van der Waals surface area contributed by atoms with Gasteiger partial charge in [-0.05, 0) is 24.0 Å². The van der Waals surface area contributed by atoms with Gasteiger partial charge in [0.25, 0.3) is 0 Å². The van der Waals surface area contributed by atoms with Crippen LogP contribution in [0.1, 0.15) is 30.4 Å².